The van der Waals surface area contributed by atoms with Crippen LogP contribution in [-0.2, 0) is 10.2 Å². The summed E-state index contributed by atoms with van der Waals surface area (Å²) in [6, 6.07) is 17.0. The van der Waals surface area contributed by atoms with Crippen molar-refractivity contribution in [1.82, 2.24) is 10.6 Å². The number of nitrogens with zero attached hydrogens (tertiary/aromatic N) is 1. The van der Waals surface area contributed by atoms with Crippen LogP contribution in [0.2, 0.25) is 10.0 Å². The smallest absolute Gasteiger partial charge is 0.237 e. The summed E-state index contributed by atoms with van der Waals surface area (Å²) >= 11 is 12.6. The Balaban J connectivity index is 1.82. The number of rotatable bonds is 7. The zero-order valence-corrected chi connectivity index (χ0v) is 21.6. The van der Waals surface area contributed by atoms with Gasteiger partial charge in [-0.3, -0.25) is 4.79 Å². The molecule has 1 amide bonds. The number of nitrogens with one attached hydrogen (secondary N) is 2. The van der Waals surface area contributed by atoms with Crippen LogP contribution in [0, 0.1) is 22.7 Å². The summed E-state index contributed by atoms with van der Waals surface area (Å²) in [5.41, 5.74) is 0.721. The Bertz CT molecular complexity index is 1070. The predicted molar refractivity (Wildman–Crippen MR) is 138 cm³/mol. The summed E-state index contributed by atoms with van der Waals surface area (Å²) in [5.74, 6) is 0.266. The van der Waals surface area contributed by atoms with Gasteiger partial charge >= 0.3 is 0 Å². The normalized spacial score (nSPS) is 26.8. The van der Waals surface area contributed by atoms with Crippen LogP contribution in [0.3, 0.4) is 0 Å². The van der Waals surface area contributed by atoms with Gasteiger partial charge in [-0.25, -0.2) is 0 Å². The van der Waals surface area contributed by atoms with E-state index in [0.717, 1.165) is 29.9 Å². The van der Waals surface area contributed by atoms with E-state index in [4.69, 9.17) is 23.2 Å². The first-order chi connectivity index (χ1) is 16.1. The number of hydrogen-bond donors (Lipinski definition) is 2. The molecule has 1 aliphatic carbocycles. The Kier molecular flexibility index (Phi) is 7.29. The fourth-order valence-electron chi connectivity index (χ4n) is 5.37. The van der Waals surface area contributed by atoms with Gasteiger partial charge in [-0.1, -0.05) is 81.1 Å². The molecule has 2 fully saturated rings. The van der Waals surface area contributed by atoms with E-state index < -0.39 is 17.4 Å². The van der Waals surface area contributed by atoms with E-state index in [1.807, 2.05) is 48.5 Å². The summed E-state index contributed by atoms with van der Waals surface area (Å²) in [7, 11) is 0. The number of amides is 1. The van der Waals surface area contributed by atoms with Crippen LogP contribution in [0.1, 0.15) is 63.5 Å². The van der Waals surface area contributed by atoms with Crippen LogP contribution in [0.25, 0.3) is 0 Å². The minimum absolute atomic E-state index is 0.0532. The molecule has 2 aromatic carbocycles. The molecule has 6 heteroatoms. The van der Waals surface area contributed by atoms with E-state index in [0.29, 0.717) is 16.6 Å². The van der Waals surface area contributed by atoms with Gasteiger partial charge in [0, 0.05) is 28.5 Å². The van der Waals surface area contributed by atoms with Gasteiger partial charge in [-0.15, -0.1) is 0 Å². The van der Waals surface area contributed by atoms with Gasteiger partial charge in [0.1, 0.15) is 5.41 Å². The van der Waals surface area contributed by atoms with Gasteiger partial charge in [-0.05, 0) is 59.6 Å². The van der Waals surface area contributed by atoms with Crippen molar-refractivity contribution in [2.75, 3.05) is 6.54 Å². The highest BCUT2D eigenvalue weighted by Crippen LogP contribution is 2.51. The van der Waals surface area contributed by atoms with E-state index in [1.54, 1.807) is 0 Å². The van der Waals surface area contributed by atoms with E-state index >= 15 is 0 Å². The van der Waals surface area contributed by atoms with Crippen molar-refractivity contribution in [3.63, 3.8) is 0 Å². The second kappa shape index (κ2) is 9.90. The summed E-state index contributed by atoms with van der Waals surface area (Å²) in [5, 5.41) is 18.8. The molecule has 1 saturated heterocycles. The zero-order valence-electron chi connectivity index (χ0n) is 20.1. The molecule has 2 N–H and O–H groups in total. The molecule has 1 saturated carbocycles. The zero-order chi connectivity index (χ0) is 24.5. The molecular formula is C28H33Cl2N3O. The molecule has 0 unspecified atom stereocenters. The van der Waals surface area contributed by atoms with Crippen molar-refractivity contribution in [1.29, 1.82) is 5.26 Å². The molecule has 180 valence electrons. The van der Waals surface area contributed by atoms with E-state index in [9.17, 15) is 10.1 Å². The van der Waals surface area contributed by atoms with Crippen molar-refractivity contribution >= 4 is 29.1 Å². The fraction of sp³-hybridized carbons (Fsp3) is 0.500. The number of nitriles is 1. The summed E-state index contributed by atoms with van der Waals surface area (Å²) in [6.07, 6.45) is 4.24. The Morgan fingerprint density at radius 1 is 1.15 bits per heavy atom. The maximum Gasteiger partial charge on any atom is 0.237 e. The first-order valence-corrected chi connectivity index (χ1v) is 12.9. The number of benzene rings is 2. The highest BCUT2D eigenvalue weighted by Gasteiger charge is 2.59. The van der Waals surface area contributed by atoms with Gasteiger partial charge in [-0.2, -0.15) is 5.26 Å². The molecule has 0 spiro atoms. The summed E-state index contributed by atoms with van der Waals surface area (Å²) < 4.78 is 0. The molecule has 1 aliphatic heterocycles. The molecule has 0 aromatic heterocycles. The summed E-state index contributed by atoms with van der Waals surface area (Å²) in [4.78, 5) is 13.6. The molecule has 0 bridgehead atoms. The molecule has 4 rings (SSSR count). The molecule has 2 aliphatic rings. The Morgan fingerprint density at radius 2 is 1.85 bits per heavy atom. The van der Waals surface area contributed by atoms with Gasteiger partial charge in [0.25, 0.3) is 0 Å². The lowest BCUT2D eigenvalue weighted by Crippen LogP contribution is -2.45. The van der Waals surface area contributed by atoms with E-state index in [1.165, 1.54) is 12.8 Å². The average molecular weight is 498 g/mol. The van der Waals surface area contributed by atoms with Crippen LogP contribution < -0.4 is 10.6 Å². The van der Waals surface area contributed by atoms with Crippen LogP contribution in [0.4, 0.5) is 0 Å². The predicted octanol–water partition coefficient (Wildman–Crippen LogP) is 6.23. The third-order valence-corrected chi connectivity index (χ3v) is 7.60. The standard InChI is InChI=1S/C28H33Cl2N3O/c1-27(2,3)16-23-28(17-31,20-9-11-21(29)12-10-20)24(19-5-4-6-22(30)15-19)25(33-23)26(34)32-14-13-18-7-8-18/h4-6,9-12,15,18,23-25,33H,7-8,13-14,16H2,1-3H3,(H,32,34)/t23-,24-,25+,28-/m0/s1. The minimum Gasteiger partial charge on any atom is -0.355 e. The quantitative estimate of drug-likeness (QED) is 0.476. The molecule has 4 nitrogen and oxygen atoms in total. The monoisotopic (exact) mass is 497 g/mol. The largest absolute Gasteiger partial charge is 0.355 e. The number of hydrogen-bond acceptors (Lipinski definition) is 3. The van der Waals surface area contributed by atoms with E-state index in [2.05, 4.69) is 37.5 Å². The maximum absolute atomic E-state index is 13.6. The molecule has 0 radical (unpaired) electrons. The van der Waals surface area contributed by atoms with Crippen molar-refractivity contribution < 1.29 is 4.79 Å². The first-order valence-electron chi connectivity index (χ1n) is 12.1. The van der Waals surface area contributed by atoms with E-state index in [-0.39, 0.29) is 17.4 Å². The lowest BCUT2D eigenvalue weighted by atomic mass is 9.63. The maximum atomic E-state index is 13.6. The highest BCUT2D eigenvalue weighted by atomic mass is 35.5. The minimum atomic E-state index is -0.971. The van der Waals surface area contributed by atoms with Crippen LogP contribution >= 0.6 is 23.2 Å². The second-order valence-electron chi connectivity index (χ2n) is 11.0. The Hall–Kier alpha value is -2.06. The Labute approximate surface area is 213 Å². The topological polar surface area (TPSA) is 64.9 Å². The summed E-state index contributed by atoms with van der Waals surface area (Å²) in [6.45, 7) is 7.15. The molecular weight excluding hydrogens is 465 g/mol. The number of halogens is 2. The number of carbonyl (C=O) groups is 1. The van der Waals surface area contributed by atoms with Crippen LogP contribution in [0.5, 0.6) is 0 Å². The third-order valence-electron chi connectivity index (χ3n) is 7.12. The lowest BCUT2D eigenvalue weighted by Gasteiger charge is -2.37. The van der Waals surface area contributed by atoms with Crippen LogP contribution in [0.15, 0.2) is 48.5 Å². The molecule has 1 heterocycles. The fourth-order valence-corrected chi connectivity index (χ4v) is 5.70. The molecule has 2 aromatic rings. The highest BCUT2D eigenvalue weighted by molar-refractivity contribution is 6.30. The van der Waals surface area contributed by atoms with Crippen molar-refractivity contribution in [3.8, 4) is 6.07 Å². The SMILES string of the molecule is CC(C)(C)C[C@@H]1N[C@@H](C(=O)NCCC2CC2)[C@H](c2cccc(Cl)c2)[C@@]1(C#N)c1ccc(Cl)cc1. The van der Waals surface area contributed by atoms with Crippen LogP contribution in [-0.4, -0.2) is 24.5 Å². The molecule has 34 heavy (non-hydrogen) atoms. The lowest BCUT2D eigenvalue weighted by molar-refractivity contribution is -0.123. The molecule has 4 atom stereocenters. The van der Waals surface area contributed by atoms with Gasteiger partial charge < -0.3 is 10.6 Å². The van der Waals surface area contributed by atoms with Crippen molar-refractivity contribution in [3.05, 3.63) is 69.7 Å². The first kappa shape index (κ1) is 25.0. The Morgan fingerprint density at radius 3 is 2.44 bits per heavy atom. The van der Waals surface area contributed by atoms with Gasteiger partial charge in [0.05, 0.1) is 12.1 Å². The number of carbonyl (C=O) groups excluding carboxylic acids is 1. The van der Waals surface area contributed by atoms with Crippen molar-refractivity contribution in [2.24, 2.45) is 11.3 Å². The second-order valence-corrected chi connectivity index (χ2v) is 11.9. The van der Waals surface area contributed by atoms with Gasteiger partial charge in [0.15, 0.2) is 0 Å². The van der Waals surface area contributed by atoms with Gasteiger partial charge in [0.2, 0.25) is 5.91 Å². The third kappa shape index (κ3) is 5.28. The average Bonchev–Trinajstić information content (AvgIpc) is 3.54. The van der Waals surface area contributed by atoms with Crippen molar-refractivity contribution in [2.45, 2.75) is 69.9 Å².